The molecule has 4 rings (SSSR count). The lowest BCUT2D eigenvalue weighted by atomic mass is 9.81. The summed E-state index contributed by atoms with van der Waals surface area (Å²) in [5, 5.41) is 8.68. The molecule has 0 unspecified atom stereocenters. The van der Waals surface area contributed by atoms with E-state index in [2.05, 4.69) is 34.5 Å². The van der Waals surface area contributed by atoms with Crippen LogP contribution in [0.2, 0.25) is 0 Å². The molecule has 1 spiro atoms. The van der Waals surface area contributed by atoms with Crippen molar-refractivity contribution in [2.24, 2.45) is 10.2 Å². The van der Waals surface area contributed by atoms with Crippen LogP contribution in [0.25, 0.3) is 11.1 Å². The van der Waals surface area contributed by atoms with E-state index in [1.54, 1.807) is 0 Å². The van der Waals surface area contributed by atoms with Gasteiger partial charge in [-0.15, -0.1) is 5.11 Å². The van der Waals surface area contributed by atoms with E-state index in [9.17, 15) is 4.79 Å². The third-order valence-corrected chi connectivity index (χ3v) is 4.50. The van der Waals surface area contributed by atoms with E-state index >= 15 is 0 Å². The number of benzene rings is 2. The van der Waals surface area contributed by atoms with Crippen molar-refractivity contribution >= 4 is 5.97 Å². The average molecular weight is 290 g/mol. The lowest BCUT2D eigenvalue weighted by molar-refractivity contribution is -0.136. The Morgan fingerprint density at radius 2 is 1.55 bits per heavy atom. The van der Waals surface area contributed by atoms with Gasteiger partial charge in [-0.05, 0) is 29.2 Å². The number of nitrogens with zero attached hydrogens (tertiary/aromatic N) is 2. The van der Waals surface area contributed by atoms with Crippen LogP contribution in [-0.4, -0.2) is 13.1 Å². The van der Waals surface area contributed by atoms with Gasteiger partial charge >= 0.3 is 5.97 Å². The smallest absolute Gasteiger partial charge is 0.358 e. The van der Waals surface area contributed by atoms with Gasteiger partial charge in [0.1, 0.15) is 0 Å². The van der Waals surface area contributed by atoms with E-state index in [-0.39, 0.29) is 0 Å². The van der Waals surface area contributed by atoms with Crippen molar-refractivity contribution in [3.8, 4) is 11.1 Å². The predicted molar refractivity (Wildman–Crippen MR) is 82.2 cm³/mol. The summed E-state index contributed by atoms with van der Waals surface area (Å²) in [7, 11) is 1.36. The zero-order chi connectivity index (χ0) is 15.3. The fourth-order valence-electron chi connectivity index (χ4n) is 3.46. The van der Waals surface area contributed by atoms with Crippen LogP contribution in [0, 0.1) is 0 Å². The standard InChI is InChI=1S/C18H14N2O2/c1-11-16(17(21)22-2)19-20-18(11)14-9-5-3-7-12(14)13-8-4-6-10-15(13)18/h3-10H,1-2H3. The minimum atomic E-state index is -0.698. The Morgan fingerprint density at radius 3 is 2.09 bits per heavy atom. The van der Waals surface area contributed by atoms with E-state index in [4.69, 9.17) is 4.74 Å². The molecule has 1 heterocycles. The number of rotatable bonds is 1. The van der Waals surface area contributed by atoms with E-state index < -0.39 is 11.5 Å². The highest BCUT2D eigenvalue weighted by Gasteiger charge is 2.49. The number of azo groups is 1. The summed E-state index contributed by atoms with van der Waals surface area (Å²) in [4.78, 5) is 12.0. The molecule has 1 aliphatic heterocycles. The number of hydrogen-bond acceptors (Lipinski definition) is 4. The first-order valence-electron chi connectivity index (χ1n) is 7.12. The predicted octanol–water partition coefficient (Wildman–Crippen LogP) is 3.82. The first-order valence-corrected chi connectivity index (χ1v) is 7.12. The van der Waals surface area contributed by atoms with Crippen LogP contribution in [-0.2, 0) is 15.1 Å². The van der Waals surface area contributed by atoms with Crippen molar-refractivity contribution in [3.05, 3.63) is 70.9 Å². The van der Waals surface area contributed by atoms with Gasteiger partial charge in [-0.3, -0.25) is 0 Å². The molecule has 0 saturated carbocycles. The third kappa shape index (κ3) is 1.39. The van der Waals surface area contributed by atoms with Gasteiger partial charge in [-0.25, -0.2) is 4.79 Å². The molecule has 0 amide bonds. The molecule has 2 aromatic carbocycles. The lowest BCUT2D eigenvalue weighted by Gasteiger charge is -2.23. The molecule has 0 aromatic heterocycles. The first-order chi connectivity index (χ1) is 10.7. The van der Waals surface area contributed by atoms with Crippen molar-refractivity contribution in [3.63, 3.8) is 0 Å². The van der Waals surface area contributed by atoms with Gasteiger partial charge in [0.15, 0.2) is 11.2 Å². The monoisotopic (exact) mass is 290 g/mol. The summed E-state index contributed by atoms with van der Waals surface area (Å²) in [6.07, 6.45) is 0. The number of hydrogen-bond donors (Lipinski definition) is 0. The molecule has 0 radical (unpaired) electrons. The normalized spacial score (nSPS) is 16.8. The van der Waals surface area contributed by atoms with Gasteiger partial charge in [0, 0.05) is 5.57 Å². The van der Waals surface area contributed by atoms with Crippen LogP contribution in [0.4, 0.5) is 0 Å². The van der Waals surface area contributed by atoms with Gasteiger partial charge in [0.25, 0.3) is 0 Å². The van der Waals surface area contributed by atoms with Crippen LogP contribution in [0.5, 0.6) is 0 Å². The minimum absolute atomic E-state index is 0.300. The molecule has 1 aliphatic carbocycles. The Bertz CT molecular complexity index is 819. The SMILES string of the molecule is COC(=O)C1=C(C)C2(N=N1)c1ccccc1-c1ccccc12. The quantitative estimate of drug-likeness (QED) is 0.750. The van der Waals surface area contributed by atoms with Crippen LogP contribution >= 0.6 is 0 Å². The Kier molecular flexibility index (Phi) is 2.57. The van der Waals surface area contributed by atoms with Gasteiger partial charge in [0.05, 0.1) is 7.11 Å². The maximum absolute atomic E-state index is 12.0. The highest BCUT2D eigenvalue weighted by atomic mass is 16.5. The Morgan fingerprint density at radius 1 is 1.00 bits per heavy atom. The second-order valence-corrected chi connectivity index (χ2v) is 5.47. The van der Waals surface area contributed by atoms with Crippen LogP contribution in [0.1, 0.15) is 18.1 Å². The lowest BCUT2D eigenvalue weighted by Crippen LogP contribution is -2.23. The Hall–Kier alpha value is -2.75. The third-order valence-electron chi connectivity index (χ3n) is 4.50. The molecular formula is C18H14N2O2. The summed E-state index contributed by atoms with van der Waals surface area (Å²) in [5.74, 6) is -0.444. The van der Waals surface area contributed by atoms with Crippen LogP contribution in [0.15, 0.2) is 70.0 Å². The number of ether oxygens (including phenoxy) is 1. The topological polar surface area (TPSA) is 51.0 Å². The molecular weight excluding hydrogens is 276 g/mol. The minimum Gasteiger partial charge on any atom is -0.464 e. The van der Waals surface area contributed by atoms with E-state index in [0.29, 0.717) is 5.70 Å². The van der Waals surface area contributed by atoms with Crippen LogP contribution in [0.3, 0.4) is 0 Å². The number of carbonyl (C=O) groups is 1. The molecule has 4 heteroatoms. The average Bonchev–Trinajstić information content (AvgIpc) is 3.06. The second kappa shape index (κ2) is 4.37. The molecule has 2 aromatic rings. The van der Waals surface area contributed by atoms with Crippen molar-refractivity contribution in [2.45, 2.75) is 12.5 Å². The maximum Gasteiger partial charge on any atom is 0.358 e. The molecule has 0 bridgehead atoms. The number of methoxy groups -OCH3 is 1. The number of esters is 1. The van der Waals surface area contributed by atoms with Crippen molar-refractivity contribution in [1.82, 2.24) is 0 Å². The molecule has 0 saturated heterocycles. The molecule has 0 fully saturated rings. The maximum atomic E-state index is 12.0. The van der Waals surface area contributed by atoms with Crippen molar-refractivity contribution in [2.75, 3.05) is 7.11 Å². The van der Waals surface area contributed by atoms with E-state index in [1.807, 2.05) is 31.2 Å². The fraction of sp³-hybridized carbons (Fsp3) is 0.167. The molecule has 0 atom stereocenters. The van der Waals surface area contributed by atoms with Gasteiger partial charge in [0.2, 0.25) is 0 Å². The molecule has 0 N–H and O–H groups in total. The summed E-state index contributed by atoms with van der Waals surface area (Å²) in [6, 6.07) is 16.3. The van der Waals surface area contributed by atoms with Gasteiger partial charge in [-0.2, -0.15) is 5.11 Å². The molecule has 108 valence electrons. The van der Waals surface area contributed by atoms with Gasteiger partial charge < -0.3 is 4.74 Å². The molecule has 4 nitrogen and oxygen atoms in total. The van der Waals surface area contributed by atoms with E-state index in [0.717, 1.165) is 27.8 Å². The summed E-state index contributed by atoms with van der Waals surface area (Å²) in [5.41, 5.74) is 4.83. The Labute approximate surface area is 128 Å². The summed E-state index contributed by atoms with van der Waals surface area (Å²) in [6.45, 7) is 1.91. The first kappa shape index (κ1) is 13.0. The zero-order valence-corrected chi connectivity index (χ0v) is 12.3. The van der Waals surface area contributed by atoms with E-state index in [1.165, 1.54) is 7.11 Å². The summed E-state index contributed by atoms with van der Waals surface area (Å²) < 4.78 is 4.83. The van der Waals surface area contributed by atoms with Gasteiger partial charge in [-0.1, -0.05) is 48.5 Å². The molecule has 2 aliphatic rings. The highest BCUT2D eigenvalue weighted by Crippen LogP contribution is 2.56. The largest absolute Gasteiger partial charge is 0.464 e. The summed E-state index contributed by atoms with van der Waals surface area (Å²) >= 11 is 0. The highest BCUT2D eigenvalue weighted by molar-refractivity contribution is 5.92. The fourth-order valence-corrected chi connectivity index (χ4v) is 3.46. The Balaban J connectivity index is 2.07. The van der Waals surface area contributed by atoms with Crippen LogP contribution < -0.4 is 0 Å². The van der Waals surface area contributed by atoms with Crippen molar-refractivity contribution < 1.29 is 9.53 Å². The molecule has 22 heavy (non-hydrogen) atoms. The zero-order valence-electron chi connectivity index (χ0n) is 12.3. The van der Waals surface area contributed by atoms with Crippen molar-refractivity contribution in [1.29, 1.82) is 0 Å². The number of carbonyl (C=O) groups excluding carboxylic acids is 1. The number of fused-ring (bicyclic) bond motifs is 5. The second-order valence-electron chi connectivity index (χ2n) is 5.47.